The van der Waals surface area contributed by atoms with Crippen LogP contribution in [0.25, 0.3) is 0 Å². The van der Waals surface area contributed by atoms with Gasteiger partial charge in [0.25, 0.3) is 0 Å². The fraction of sp³-hybridized carbons (Fsp3) is 0.385. The number of hydrogen-bond donors (Lipinski definition) is 2. The van der Waals surface area contributed by atoms with Gasteiger partial charge in [-0.15, -0.1) is 11.8 Å². The summed E-state index contributed by atoms with van der Waals surface area (Å²) in [7, 11) is 0. The van der Waals surface area contributed by atoms with Crippen LogP contribution in [-0.2, 0) is 16.0 Å². The van der Waals surface area contributed by atoms with E-state index in [-0.39, 0.29) is 11.3 Å². The Bertz CT molecular complexity index is 548. The maximum Gasteiger partial charge on any atom is 0.327 e. The van der Waals surface area contributed by atoms with Crippen LogP contribution in [-0.4, -0.2) is 39.7 Å². The summed E-state index contributed by atoms with van der Waals surface area (Å²) in [6.07, 6.45) is 0.467. The van der Waals surface area contributed by atoms with Gasteiger partial charge >= 0.3 is 5.97 Å². The maximum atomic E-state index is 12.3. The molecule has 6 heteroatoms. The Balaban J connectivity index is 2.09. The molecule has 3 atom stereocenters. The second kappa shape index (κ2) is 4.54. The van der Waals surface area contributed by atoms with Crippen LogP contribution in [0, 0.1) is 0 Å². The van der Waals surface area contributed by atoms with Crippen molar-refractivity contribution in [2.24, 2.45) is 5.73 Å². The molecule has 1 aromatic rings. The van der Waals surface area contributed by atoms with Gasteiger partial charge in [-0.05, 0) is 17.5 Å². The third-order valence-corrected chi connectivity index (χ3v) is 4.92. The highest BCUT2D eigenvalue weighted by molar-refractivity contribution is 7.99. The van der Waals surface area contributed by atoms with Crippen LogP contribution in [0.1, 0.15) is 16.5 Å². The van der Waals surface area contributed by atoms with Gasteiger partial charge in [-0.2, -0.15) is 0 Å². The first-order valence-electron chi connectivity index (χ1n) is 6.09. The molecular formula is C13H14N2O3S. The average molecular weight is 278 g/mol. The molecule has 1 saturated heterocycles. The maximum absolute atomic E-state index is 12.3. The van der Waals surface area contributed by atoms with E-state index in [9.17, 15) is 14.7 Å². The first-order chi connectivity index (χ1) is 9.09. The molecule has 0 saturated carbocycles. The zero-order chi connectivity index (χ0) is 13.6. The molecule has 19 heavy (non-hydrogen) atoms. The highest BCUT2D eigenvalue weighted by Gasteiger charge is 2.46. The van der Waals surface area contributed by atoms with Gasteiger partial charge < -0.3 is 15.7 Å². The second-order valence-corrected chi connectivity index (χ2v) is 5.91. The van der Waals surface area contributed by atoms with Crippen molar-refractivity contribution in [2.45, 2.75) is 23.9 Å². The summed E-state index contributed by atoms with van der Waals surface area (Å²) < 4.78 is 0. The van der Waals surface area contributed by atoms with Crippen LogP contribution < -0.4 is 5.73 Å². The third kappa shape index (κ3) is 1.91. The molecule has 2 heterocycles. The molecule has 0 spiro atoms. The summed E-state index contributed by atoms with van der Waals surface area (Å²) in [4.78, 5) is 25.1. The van der Waals surface area contributed by atoms with Gasteiger partial charge in [-0.25, -0.2) is 4.79 Å². The first-order valence-corrected chi connectivity index (χ1v) is 7.14. The average Bonchev–Trinajstić information content (AvgIpc) is 2.79. The van der Waals surface area contributed by atoms with E-state index >= 15 is 0 Å². The lowest BCUT2D eigenvalue weighted by atomic mass is 10.0. The van der Waals surface area contributed by atoms with E-state index in [0.717, 1.165) is 11.1 Å². The lowest BCUT2D eigenvalue weighted by Gasteiger charge is -2.27. The minimum atomic E-state index is -0.963. The molecule has 0 aromatic heterocycles. The number of amides is 1. The van der Waals surface area contributed by atoms with E-state index in [0.29, 0.717) is 12.2 Å². The summed E-state index contributed by atoms with van der Waals surface area (Å²) in [5.41, 5.74) is 7.97. The Hall–Kier alpha value is -1.53. The molecule has 2 aliphatic rings. The van der Waals surface area contributed by atoms with Crippen molar-refractivity contribution in [1.29, 1.82) is 0 Å². The van der Waals surface area contributed by atoms with Gasteiger partial charge in [0.05, 0.1) is 6.04 Å². The van der Waals surface area contributed by atoms with E-state index in [2.05, 4.69) is 0 Å². The summed E-state index contributed by atoms with van der Waals surface area (Å²) in [5, 5.41) is 9.02. The Morgan fingerprint density at radius 2 is 2.16 bits per heavy atom. The van der Waals surface area contributed by atoms with Crippen molar-refractivity contribution in [3.8, 4) is 0 Å². The van der Waals surface area contributed by atoms with Gasteiger partial charge in [0.15, 0.2) is 0 Å². The van der Waals surface area contributed by atoms with Crippen molar-refractivity contribution in [3.63, 3.8) is 0 Å². The molecule has 3 N–H and O–H groups in total. The van der Waals surface area contributed by atoms with Gasteiger partial charge in [-0.3, -0.25) is 4.79 Å². The molecule has 1 fully saturated rings. The molecular weight excluding hydrogens is 264 g/mol. The molecule has 1 aromatic carbocycles. The van der Waals surface area contributed by atoms with Crippen molar-refractivity contribution in [2.75, 3.05) is 5.75 Å². The van der Waals surface area contributed by atoms with Crippen molar-refractivity contribution in [3.05, 3.63) is 35.4 Å². The van der Waals surface area contributed by atoms with E-state index < -0.39 is 18.1 Å². The largest absolute Gasteiger partial charge is 0.480 e. The van der Waals surface area contributed by atoms with Gasteiger partial charge in [0, 0.05) is 5.75 Å². The molecule has 0 bridgehead atoms. The molecule has 0 aliphatic carbocycles. The van der Waals surface area contributed by atoms with E-state index in [1.165, 1.54) is 16.7 Å². The normalized spacial score (nSPS) is 29.6. The number of hydrogen-bond acceptors (Lipinski definition) is 4. The standard InChI is InChI=1S/C13H14N2O3S/c14-9-5-7-3-1-2-4-8(7)12-15(11(9)16)10(6-19-12)13(17)18/h1-4,9-10,12H,5-6,14H2,(H,17,18)/t9-,10-,12?/m0/s1. The number of nitrogens with zero attached hydrogens (tertiary/aromatic N) is 1. The van der Waals surface area contributed by atoms with E-state index in [1.807, 2.05) is 24.3 Å². The fourth-order valence-electron chi connectivity index (χ4n) is 2.68. The number of nitrogens with two attached hydrogens (primary N) is 1. The highest BCUT2D eigenvalue weighted by Crippen LogP contribution is 2.44. The second-order valence-electron chi connectivity index (χ2n) is 4.79. The zero-order valence-electron chi connectivity index (χ0n) is 10.2. The number of carboxylic acids is 1. The van der Waals surface area contributed by atoms with Crippen LogP contribution in [0.5, 0.6) is 0 Å². The quantitative estimate of drug-likeness (QED) is 0.786. The Morgan fingerprint density at radius 3 is 2.89 bits per heavy atom. The Morgan fingerprint density at radius 1 is 1.42 bits per heavy atom. The van der Waals surface area contributed by atoms with Gasteiger partial charge in [0.1, 0.15) is 11.4 Å². The fourth-order valence-corrected chi connectivity index (χ4v) is 4.17. The minimum Gasteiger partial charge on any atom is -0.480 e. The predicted octanol–water partition coefficient (Wildman–Crippen LogP) is 0.597. The van der Waals surface area contributed by atoms with Crippen LogP contribution >= 0.6 is 11.8 Å². The molecule has 0 radical (unpaired) electrons. The first kappa shape index (κ1) is 12.5. The summed E-state index contributed by atoms with van der Waals surface area (Å²) in [6.45, 7) is 0. The highest BCUT2D eigenvalue weighted by atomic mass is 32.2. The number of carbonyl (C=O) groups is 2. The van der Waals surface area contributed by atoms with Crippen molar-refractivity contribution >= 4 is 23.6 Å². The summed E-state index contributed by atoms with van der Waals surface area (Å²) >= 11 is 1.49. The lowest BCUT2D eigenvalue weighted by molar-refractivity contribution is -0.149. The number of carboxylic acid groups (broad SMARTS) is 1. The Labute approximate surface area is 114 Å². The molecule has 1 amide bonds. The smallest absolute Gasteiger partial charge is 0.327 e. The number of thioether (sulfide) groups is 1. The molecule has 1 unspecified atom stereocenters. The van der Waals surface area contributed by atoms with Crippen LogP contribution in [0.2, 0.25) is 0 Å². The number of aliphatic carboxylic acids is 1. The van der Waals surface area contributed by atoms with Crippen LogP contribution in [0.4, 0.5) is 0 Å². The molecule has 100 valence electrons. The number of fused-ring (bicyclic) bond motifs is 3. The van der Waals surface area contributed by atoms with Crippen LogP contribution in [0.15, 0.2) is 24.3 Å². The predicted molar refractivity (Wildman–Crippen MR) is 71.6 cm³/mol. The third-order valence-electron chi connectivity index (χ3n) is 3.62. The van der Waals surface area contributed by atoms with Gasteiger partial charge in [-0.1, -0.05) is 24.3 Å². The van der Waals surface area contributed by atoms with Crippen molar-refractivity contribution < 1.29 is 14.7 Å². The molecule has 3 rings (SSSR count). The van der Waals surface area contributed by atoms with Gasteiger partial charge in [0.2, 0.25) is 5.91 Å². The number of carbonyl (C=O) groups excluding carboxylic acids is 1. The van der Waals surface area contributed by atoms with Crippen molar-refractivity contribution in [1.82, 2.24) is 4.90 Å². The van der Waals surface area contributed by atoms with E-state index in [1.54, 1.807) is 0 Å². The van der Waals surface area contributed by atoms with Crippen LogP contribution in [0.3, 0.4) is 0 Å². The molecule has 5 nitrogen and oxygen atoms in total. The zero-order valence-corrected chi connectivity index (χ0v) is 11.0. The number of benzene rings is 1. The Kier molecular flexibility index (Phi) is 2.99. The number of rotatable bonds is 1. The summed E-state index contributed by atoms with van der Waals surface area (Å²) in [6, 6.07) is 6.30. The SMILES string of the molecule is N[C@H]1Cc2ccccc2C2SC[C@@H](C(=O)O)N2C1=O. The lowest BCUT2D eigenvalue weighted by Crippen LogP contribution is -2.49. The minimum absolute atomic E-state index is 0.224. The monoisotopic (exact) mass is 278 g/mol. The molecule has 2 aliphatic heterocycles. The van der Waals surface area contributed by atoms with E-state index in [4.69, 9.17) is 5.73 Å². The summed E-state index contributed by atoms with van der Waals surface area (Å²) in [5.74, 6) is -0.819. The topological polar surface area (TPSA) is 83.6 Å².